The Morgan fingerprint density at radius 2 is 1.67 bits per heavy atom. The van der Waals surface area contributed by atoms with Crippen molar-refractivity contribution in [2.45, 2.75) is 31.7 Å². The van der Waals surface area contributed by atoms with Crippen molar-refractivity contribution in [2.75, 3.05) is 25.2 Å². The minimum atomic E-state index is -0.910. The summed E-state index contributed by atoms with van der Waals surface area (Å²) >= 11 is 1.58. The lowest BCUT2D eigenvalue weighted by atomic mass is 9.98. The topological polar surface area (TPSA) is 105 Å². The van der Waals surface area contributed by atoms with Crippen molar-refractivity contribution in [1.29, 1.82) is 0 Å². The van der Waals surface area contributed by atoms with Gasteiger partial charge in [-0.1, -0.05) is 55.5 Å². The van der Waals surface area contributed by atoms with E-state index in [-0.39, 0.29) is 37.3 Å². The van der Waals surface area contributed by atoms with Gasteiger partial charge in [-0.25, -0.2) is 4.79 Å². The first-order valence-corrected chi connectivity index (χ1v) is 12.4. The standard InChI is InChI=1S/C25H30N2O5S/c1-16(13-23(28)29)14-26-24(30)22(11-12-33-2)27-25(31)32-15-21-19-9-5-3-7-17(19)18-8-4-6-10-20(18)21/h3-10,16,21-22H,11-15H2,1-2H3,(H,26,30)(H,27,31)(H,28,29). The lowest BCUT2D eigenvalue weighted by molar-refractivity contribution is -0.138. The van der Waals surface area contributed by atoms with Crippen LogP contribution in [-0.4, -0.2) is 54.3 Å². The number of amides is 2. The highest BCUT2D eigenvalue weighted by molar-refractivity contribution is 7.98. The Hall–Kier alpha value is -3.00. The molecule has 2 atom stereocenters. The minimum absolute atomic E-state index is 0.0322. The molecule has 7 nitrogen and oxygen atoms in total. The first-order chi connectivity index (χ1) is 15.9. The normalized spacial score (nSPS) is 14.0. The van der Waals surface area contributed by atoms with Crippen LogP contribution < -0.4 is 10.6 Å². The number of aliphatic carboxylic acids is 1. The predicted molar refractivity (Wildman–Crippen MR) is 129 cm³/mol. The fourth-order valence-electron chi connectivity index (χ4n) is 4.06. The Morgan fingerprint density at radius 1 is 1.06 bits per heavy atom. The van der Waals surface area contributed by atoms with Crippen molar-refractivity contribution < 1.29 is 24.2 Å². The van der Waals surface area contributed by atoms with Crippen LogP contribution in [-0.2, 0) is 14.3 Å². The van der Waals surface area contributed by atoms with E-state index in [4.69, 9.17) is 9.84 Å². The molecule has 2 aromatic rings. The van der Waals surface area contributed by atoms with Crippen molar-refractivity contribution in [2.24, 2.45) is 5.92 Å². The quantitative estimate of drug-likeness (QED) is 0.460. The number of thioether (sulfide) groups is 1. The van der Waals surface area contributed by atoms with E-state index in [1.165, 1.54) is 0 Å². The minimum Gasteiger partial charge on any atom is -0.481 e. The van der Waals surface area contributed by atoms with Crippen LogP contribution in [0.15, 0.2) is 48.5 Å². The maximum atomic E-state index is 12.6. The van der Waals surface area contributed by atoms with Crippen molar-refractivity contribution in [1.82, 2.24) is 10.6 Å². The highest BCUT2D eigenvalue weighted by Crippen LogP contribution is 2.44. The summed E-state index contributed by atoms with van der Waals surface area (Å²) in [4.78, 5) is 36.0. The molecular weight excluding hydrogens is 440 g/mol. The maximum absolute atomic E-state index is 12.6. The summed E-state index contributed by atoms with van der Waals surface area (Å²) in [7, 11) is 0. The molecular formula is C25H30N2O5S. The smallest absolute Gasteiger partial charge is 0.407 e. The van der Waals surface area contributed by atoms with Crippen molar-refractivity contribution >= 4 is 29.7 Å². The van der Waals surface area contributed by atoms with Crippen molar-refractivity contribution in [3.8, 4) is 11.1 Å². The van der Waals surface area contributed by atoms with Crippen LogP contribution in [0.25, 0.3) is 11.1 Å². The van der Waals surface area contributed by atoms with Gasteiger partial charge in [0.1, 0.15) is 12.6 Å². The number of carboxylic acids is 1. The zero-order valence-electron chi connectivity index (χ0n) is 18.9. The number of rotatable bonds is 11. The Kier molecular flexibility index (Phi) is 8.77. The van der Waals surface area contributed by atoms with Crippen LogP contribution in [0, 0.1) is 5.92 Å². The summed E-state index contributed by atoms with van der Waals surface area (Å²) in [6, 6.07) is 15.4. The second-order valence-corrected chi connectivity index (χ2v) is 9.24. The van der Waals surface area contributed by atoms with Crippen molar-refractivity contribution in [3.63, 3.8) is 0 Å². The molecule has 3 rings (SSSR count). The second kappa shape index (κ2) is 11.7. The number of alkyl carbamates (subject to hydrolysis) is 1. The highest BCUT2D eigenvalue weighted by Gasteiger charge is 2.29. The molecule has 0 heterocycles. The third kappa shape index (κ3) is 6.51. The van der Waals surface area contributed by atoms with Gasteiger partial charge in [-0.05, 0) is 46.6 Å². The summed E-state index contributed by atoms with van der Waals surface area (Å²) in [6.45, 7) is 2.16. The van der Waals surface area contributed by atoms with Crippen LogP contribution in [0.3, 0.4) is 0 Å². The Balaban J connectivity index is 1.59. The van der Waals surface area contributed by atoms with Crippen LogP contribution in [0.2, 0.25) is 0 Å². The summed E-state index contributed by atoms with van der Waals surface area (Å²) in [5.74, 6) is -0.824. The van der Waals surface area contributed by atoms with E-state index < -0.39 is 18.1 Å². The van der Waals surface area contributed by atoms with E-state index in [1.54, 1.807) is 18.7 Å². The number of nitrogens with one attached hydrogen (secondary N) is 2. The summed E-state index contributed by atoms with van der Waals surface area (Å²) in [5, 5.41) is 14.3. The summed E-state index contributed by atoms with van der Waals surface area (Å²) < 4.78 is 5.56. The van der Waals surface area contributed by atoms with Crippen LogP contribution in [0.4, 0.5) is 4.79 Å². The molecule has 0 spiro atoms. The molecule has 2 amide bonds. The van der Waals surface area contributed by atoms with E-state index >= 15 is 0 Å². The fourth-order valence-corrected chi connectivity index (χ4v) is 4.53. The molecule has 1 aliphatic rings. The SMILES string of the molecule is CSCCC(NC(=O)OCC1c2ccccc2-c2ccccc21)C(=O)NCC(C)CC(=O)O. The summed E-state index contributed by atoms with van der Waals surface area (Å²) in [6.07, 6.45) is 1.70. The lowest BCUT2D eigenvalue weighted by Gasteiger charge is -2.20. The number of fused-ring (bicyclic) bond motifs is 3. The van der Waals surface area contributed by atoms with Crippen molar-refractivity contribution in [3.05, 3.63) is 59.7 Å². The van der Waals surface area contributed by atoms with Crippen LogP contribution >= 0.6 is 11.8 Å². The molecule has 0 saturated carbocycles. The number of carbonyl (C=O) groups is 3. The Bertz CT molecular complexity index is 951. The van der Waals surface area contributed by atoms with Gasteiger partial charge in [-0.3, -0.25) is 9.59 Å². The van der Waals surface area contributed by atoms with Gasteiger partial charge in [0, 0.05) is 18.9 Å². The molecule has 3 N–H and O–H groups in total. The van der Waals surface area contributed by atoms with Gasteiger partial charge in [0.25, 0.3) is 0 Å². The van der Waals surface area contributed by atoms with Gasteiger partial charge < -0.3 is 20.5 Å². The van der Waals surface area contributed by atoms with E-state index in [9.17, 15) is 14.4 Å². The zero-order chi connectivity index (χ0) is 23.8. The van der Waals surface area contributed by atoms with Crippen LogP contribution in [0.1, 0.15) is 36.8 Å². The van der Waals surface area contributed by atoms with Crippen LogP contribution in [0.5, 0.6) is 0 Å². The molecule has 0 aliphatic heterocycles. The van der Waals surface area contributed by atoms with Gasteiger partial charge in [-0.2, -0.15) is 11.8 Å². The van der Waals surface area contributed by atoms with Gasteiger partial charge in [0.2, 0.25) is 5.91 Å². The number of carbonyl (C=O) groups excluding carboxylic acids is 2. The molecule has 2 aromatic carbocycles. The molecule has 0 saturated heterocycles. The first kappa shape index (κ1) is 24.6. The van der Waals surface area contributed by atoms with E-state index in [0.717, 1.165) is 22.3 Å². The van der Waals surface area contributed by atoms with Gasteiger partial charge in [-0.15, -0.1) is 0 Å². The number of ether oxygens (including phenoxy) is 1. The third-order valence-electron chi connectivity index (χ3n) is 5.71. The number of hydrogen-bond acceptors (Lipinski definition) is 5. The fraction of sp³-hybridized carbons (Fsp3) is 0.400. The predicted octanol–water partition coefficient (Wildman–Crippen LogP) is 3.87. The molecule has 0 radical (unpaired) electrons. The largest absolute Gasteiger partial charge is 0.481 e. The highest BCUT2D eigenvalue weighted by atomic mass is 32.2. The Morgan fingerprint density at radius 3 is 2.24 bits per heavy atom. The molecule has 1 aliphatic carbocycles. The maximum Gasteiger partial charge on any atom is 0.407 e. The Labute approximate surface area is 198 Å². The first-order valence-electron chi connectivity index (χ1n) is 11.0. The average Bonchev–Trinajstić information content (AvgIpc) is 3.12. The second-order valence-electron chi connectivity index (χ2n) is 8.25. The number of hydrogen-bond donors (Lipinski definition) is 3. The number of benzene rings is 2. The van der Waals surface area contributed by atoms with E-state index in [2.05, 4.69) is 22.8 Å². The zero-order valence-corrected chi connectivity index (χ0v) is 19.7. The molecule has 0 aromatic heterocycles. The lowest BCUT2D eigenvalue weighted by Crippen LogP contribution is -2.48. The molecule has 8 heteroatoms. The van der Waals surface area contributed by atoms with Gasteiger partial charge in [0.05, 0.1) is 0 Å². The van der Waals surface area contributed by atoms with Gasteiger partial charge in [0.15, 0.2) is 0 Å². The van der Waals surface area contributed by atoms with E-state index in [1.807, 2.05) is 42.7 Å². The molecule has 33 heavy (non-hydrogen) atoms. The molecule has 0 bridgehead atoms. The molecule has 0 fully saturated rings. The summed E-state index contributed by atoms with van der Waals surface area (Å²) in [5.41, 5.74) is 4.54. The molecule has 176 valence electrons. The molecule has 2 unspecified atom stereocenters. The third-order valence-corrected chi connectivity index (χ3v) is 6.35. The average molecular weight is 471 g/mol. The van der Waals surface area contributed by atoms with Gasteiger partial charge >= 0.3 is 12.1 Å². The van der Waals surface area contributed by atoms with E-state index in [0.29, 0.717) is 12.2 Å². The number of carboxylic acid groups (broad SMARTS) is 1. The monoisotopic (exact) mass is 470 g/mol.